The van der Waals surface area contributed by atoms with Crippen molar-refractivity contribution in [1.29, 1.82) is 0 Å². The molecule has 0 saturated carbocycles. The summed E-state index contributed by atoms with van der Waals surface area (Å²) < 4.78 is 8.99. The van der Waals surface area contributed by atoms with E-state index in [0.29, 0.717) is 54.6 Å². The Morgan fingerprint density at radius 3 is 2.25 bits per heavy atom. The topological polar surface area (TPSA) is 214 Å². The van der Waals surface area contributed by atoms with Gasteiger partial charge in [-0.15, -0.1) is 11.3 Å². The second-order valence-corrected chi connectivity index (χ2v) is 26.4. The Hall–Kier alpha value is -7.35. The van der Waals surface area contributed by atoms with Crippen LogP contribution < -0.4 is 20.9 Å². The van der Waals surface area contributed by atoms with Crippen molar-refractivity contribution >= 4 is 73.4 Å². The molecule has 4 amide bonds. The van der Waals surface area contributed by atoms with E-state index in [4.69, 9.17) is 14.8 Å². The third-order valence-electron chi connectivity index (χ3n) is 15.8. The van der Waals surface area contributed by atoms with E-state index in [9.17, 15) is 29.1 Å². The molecule has 2 aliphatic heterocycles. The highest BCUT2D eigenvalue weighted by Crippen LogP contribution is 2.36. The molecule has 1 fully saturated rings. The lowest BCUT2D eigenvalue weighted by Gasteiger charge is -2.35. The largest absolute Gasteiger partial charge is 0.455 e. The maximum absolute atomic E-state index is 14.2. The van der Waals surface area contributed by atoms with Gasteiger partial charge in [0.25, 0.3) is 5.91 Å². The van der Waals surface area contributed by atoms with Crippen LogP contribution in [-0.4, -0.2) is 101 Å². The van der Waals surface area contributed by atoms with E-state index < -0.39 is 35.2 Å². The van der Waals surface area contributed by atoms with E-state index >= 15 is 0 Å². The van der Waals surface area contributed by atoms with Crippen LogP contribution in [0.2, 0.25) is 0 Å². The summed E-state index contributed by atoms with van der Waals surface area (Å²) in [5.74, 6) is -1.06. The Kier molecular flexibility index (Phi) is 19.2. The number of aromatic nitrogens is 5. The van der Waals surface area contributed by atoms with Crippen molar-refractivity contribution in [1.82, 2.24) is 40.3 Å². The third kappa shape index (κ3) is 14.6. The van der Waals surface area contributed by atoms with Gasteiger partial charge in [0.05, 0.1) is 44.1 Å². The van der Waals surface area contributed by atoms with E-state index in [-0.39, 0.29) is 54.8 Å². The van der Waals surface area contributed by atoms with Crippen molar-refractivity contribution < 1.29 is 33.8 Å². The molecular formula is C65H80N10O7S2. The number of carbonyl (C=O) groups excluding carboxylic acids is 5. The molecule has 4 N–H and O–H groups in total. The highest BCUT2D eigenvalue weighted by molar-refractivity contribution is 7.22. The summed E-state index contributed by atoms with van der Waals surface area (Å²) in [6.45, 7) is 20.9. The Bertz CT molecular complexity index is 3490. The standard InChI is InChI=1S/C65H80N10O7S2/c1-39(43-26-28-45(29-27-43)57-41(3)66-38-83-57)67-60(79)51-35-46(76)36-74(51)61(80)58(64(5,6)7)70-54(77)25-16-14-12-11-13-15-19-33-75-42(4)55(40(2)72-75)48-30-31-53(69-56(48)62(81)82-65(8,9)10)73-34-32-44-21-20-22-47(49(44)37-73)59(78)71-63-68-50-23-17-18-24-52(50)84-63/h17-18,20-24,26-31,38-39,46,51,58,76H,11-16,19,25,32-37H2,1-10H3,(H,67,79)(H,70,77)(H,68,71,78)/t39?,46-,51+,58?/m1/s1. The van der Waals surface area contributed by atoms with Gasteiger partial charge in [-0.1, -0.05) is 113 Å². The predicted octanol–water partition coefficient (Wildman–Crippen LogP) is 11.9. The first-order chi connectivity index (χ1) is 40.0. The van der Waals surface area contributed by atoms with Crippen molar-refractivity contribution in [2.75, 3.05) is 23.3 Å². The van der Waals surface area contributed by atoms with Gasteiger partial charge in [-0.3, -0.25) is 29.2 Å². The molecule has 9 rings (SSSR count). The maximum atomic E-state index is 14.2. The number of esters is 1. The molecule has 2 aliphatic rings. The molecule has 0 spiro atoms. The molecule has 0 radical (unpaired) electrons. The predicted molar refractivity (Wildman–Crippen MR) is 332 cm³/mol. The Morgan fingerprint density at radius 2 is 1.55 bits per heavy atom. The number of thiazole rings is 2. The number of para-hydroxylation sites is 1. The van der Waals surface area contributed by atoms with E-state index in [2.05, 4.69) is 36.9 Å². The number of aliphatic hydroxyl groups excluding tert-OH is 1. The molecule has 1 saturated heterocycles. The second kappa shape index (κ2) is 26.3. The third-order valence-corrected chi connectivity index (χ3v) is 17.7. The number of pyridine rings is 1. The van der Waals surface area contributed by atoms with Crippen LogP contribution in [0.3, 0.4) is 0 Å². The number of nitrogens with zero attached hydrogens (tertiary/aromatic N) is 7. The number of nitrogens with one attached hydrogen (secondary N) is 3. The maximum Gasteiger partial charge on any atom is 0.358 e. The number of benzene rings is 3. The summed E-state index contributed by atoms with van der Waals surface area (Å²) in [6.07, 6.45) is 6.71. The van der Waals surface area contributed by atoms with Crippen LogP contribution in [0.4, 0.5) is 10.9 Å². The van der Waals surface area contributed by atoms with Crippen molar-refractivity contribution in [2.45, 2.75) is 176 Å². The normalized spacial score (nSPS) is 16.1. The van der Waals surface area contributed by atoms with Gasteiger partial charge in [0.2, 0.25) is 17.7 Å². The molecule has 19 heteroatoms. The SMILES string of the molecule is Cc1ncsc1-c1ccc(C(C)NC(=O)[C@@H]2C[C@@H](O)CN2C(=O)C(NC(=O)CCCCCCCCCn2nc(C)c(-c3ccc(N4CCc5cccc(C(=O)Nc6nc7ccccc7s6)c5C4)nc3C(=O)OC(C)(C)C)c2C)C(C)(C)C)cc1. The van der Waals surface area contributed by atoms with Gasteiger partial charge in [-0.2, -0.15) is 5.10 Å². The number of aryl methyl sites for hydroxylation is 3. The first-order valence-electron chi connectivity index (χ1n) is 29.4. The number of amides is 4. The number of hydrogen-bond acceptors (Lipinski definition) is 14. The number of aliphatic hydroxyl groups is 1. The molecule has 84 heavy (non-hydrogen) atoms. The molecule has 6 heterocycles. The summed E-state index contributed by atoms with van der Waals surface area (Å²) in [5, 5.41) is 25.3. The number of rotatable bonds is 21. The minimum absolute atomic E-state index is 0.0127. The number of unbranched alkanes of at least 4 members (excludes halogenated alkanes) is 6. The first-order valence-corrected chi connectivity index (χ1v) is 31.1. The molecule has 7 aromatic rings. The quantitative estimate of drug-likeness (QED) is 0.0391. The van der Waals surface area contributed by atoms with E-state index in [0.717, 1.165) is 98.5 Å². The zero-order valence-corrected chi connectivity index (χ0v) is 51.8. The van der Waals surface area contributed by atoms with E-state index in [1.54, 1.807) is 11.3 Å². The molecule has 0 aliphatic carbocycles. The minimum atomic E-state index is -0.882. The molecule has 3 aromatic carbocycles. The Labute approximate surface area is 501 Å². The van der Waals surface area contributed by atoms with Crippen molar-refractivity contribution in [3.05, 3.63) is 129 Å². The van der Waals surface area contributed by atoms with Crippen LogP contribution in [0.15, 0.2) is 84.4 Å². The number of likely N-dealkylation sites (tertiary alicyclic amines) is 1. The second-order valence-electron chi connectivity index (χ2n) is 24.5. The molecule has 2 unspecified atom stereocenters. The van der Waals surface area contributed by atoms with Gasteiger partial charge < -0.3 is 30.3 Å². The molecule has 444 valence electrons. The Balaban J connectivity index is 0.746. The molecule has 4 aromatic heterocycles. The van der Waals surface area contributed by atoms with Crippen LogP contribution in [0, 0.1) is 26.2 Å². The minimum Gasteiger partial charge on any atom is -0.455 e. The van der Waals surface area contributed by atoms with Crippen LogP contribution in [0.1, 0.15) is 167 Å². The van der Waals surface area contributed by atoms with Gasteiger partial charge in [0.1, 0.15) is 23.5 Å². The fourth-order valence-corrected chi connectivity index (χ4v) is 13.0. The van der Waals surface area contributed by atoms with Gasteiger partial charge in [0.15, 0.2) is 10.8 Å². The van der Waals surface area contributed by atoms with Gasteiger partial charge in [-0.25, -0.2) is 19.7 Å². The average Bonchev–Trinajstić information content (AvgIpc) is 2.74. The zero-order valence-electron chi connectivity index (χ0n) is 50.1. The van der Waals surface area contributed by atoms with Crippen molar-refractivity contribution in [3.63, 3.8) is 0 Å². The van der Waals surface area contributed by atoms with Gasteiger partial charge in [0, 0.05) is 61.4 Å². The fourth-order valence-electron chi connectivity index (χ4n) is 11.4. The van der Waals surface area contributed by atoms with E-state index in [1.165, 1.54) is 16.2 Å². The van der Waals surface area contributed by atoms with Gasteiger partial charge in [-0.05, 0) is 126 Å². The lowest BCUT2D eigenvalue weighted by Crippen LogP contribution is -2.57. The monoisotopic (exact) mass is 1180 g/mol. The smallest absolute Gasteiger partial charge is 0.358 e. The summed E-state index contributed by atoms with van der Waals surface area (Å²) >= 11 is 3.02. The van der Waals surface area contributed by atoms with Crippen LogP contribution in [-0.2, 0) is 38.6 Å². The summed E-state index contributed by atoms with van der Waals surface area (Å²) in [6, 6.07) is 23.4. The van der Waals surface area contributed by atoms with Crippen LogP contribution in [0.5, 0.6) is 0 Å². The molecular weight excluding hydrogens is 1100 g/mol. The first kappa shape index (κ1) is 61.2. The van der Waals surface area contributed by atoms with Crippen molar-refractivity contribution in [3.8, 4) is 21.6 Å². The number of ether oxygens (including phenoxy) is 1. The molecule has 0 bridgehead atoms. The number of hydrogen-bond donors (Lipinski definition) is 4. The zero-order chi connectivity index (χ0) is 60.0. The van der Waals surface area contributed by atoms with Crippen LogP contribution >= 0.6 is 22.7 Å². The molecule has 4 atom stereocenters. The fraction of sp³-hybridized carbons (Fsp3) is 0.462. The number of fused-ring (bicyclic) bond motifs is 2. The Morgan fingerprint density at radius 1 is 0.821 bits per heavy atom. The summed E-state index contributed by atoms with van der Waals surface area (Å²) in [4.78, 5) is 88.0. The number of anilines is 2. The lowest BCUT2D eigenvalue weighted by atomic mass is 9.85. The molecule has 17 nitrogen and oxygen atoms in total. The highest BCUT2D eigenvalue weighted by Gasteiger charge is 2.45. The summed E-state index contributed by atoms with van der Waals surface area (Å²) in [5.41, 5.74) is 10.2. The highest BCUT2D eigenvalue weighted by atomic mass is 32.1. The van der Waals surface area contributed by atoms with E-state index in [1.807, 2.05) is 152 Å². The van der Waals surface area contributed by atoms with Gasteiger partial charge >= 0.3 is 5.97 Å². The average molecular weight is 1180 g/mol. The summed E-state index contributed by atoms with van der Waals surface area (Å²) in [7, 11) is 0. The van der Waals surface area contributed by atoms with Crippen LogP contribution in [0.25, 0.3) is 31.8 Å². The lowest BCUT2D eigenvalue weighted by molar-refractivity contribution is -0.144. The number of β-amino-alcohol motifs (C(OH)–C–C–N with tert-alkyl or cyclic N) is 1. The number of carbonyl (C=O) groups is 5. The van der Waals surface area contributed by atoms with Crippen molar-refractivity contribution in [2.24, 2.45) is 5.41 Å².